The summed E-state index contributed by atoms with van der Waals surface area (Å²) in [4.78, 5) is 2.22. The van der Waals surface area contributed by atoms with Crippen LogP contribution in [0.5, 0.6) is 0 Å². The van der Waals surface area contributed by atoms with Crippen LogP contribution in [-0.4, -0.2) is 17.2 Å². The minimum absolute atomic E-state index is 0.0438. The first-order valence-corrected chi connectivity index (χ1v) is 6.96. The zero-order valence-corrected chi connectivity index (χ0v) is 11.9. The highest BCUT2D eigenvalue weighted by Crippen LogP contribution is 2.29. The Labute approximate surface area is 124 Å². The van der Waals surface area contributed by atoms with Crippen LogP contribution >= 0.6 is 0 Å². The van der Waals surface area contributed by atoms with Gasteiger partial charge in [-0.3, -0.25) is 0 Å². The van der Waals surface area contributed by atoms with Gasteiger partial charge >= 0.3 is 0 Å². The third-order valence-corrected chi connectivity index (χ3v) is 3.54. The average Bonchev–Trinajstić information content (AvgIpc) is 2.58. The van der Waals surface area contributed by atoms with E-state index in [1.165, 1.54) is 5.56 Å². The van der Waals surface area contributed by atoms with Gasteiger partial charge in [-0.2, -0.15) is 10.2 Å². The largest absolute Gasteiger partial charge is 0.362 e. The Morgan fingerprint density at radius 2 is 1.48 bits per heavy atom. The highest BCUT2D eigenvalue weighted by molar-refractivity contribution is 5.50. The van der Waals surface area contributed by atoms with Crippen molar-refractivity contribution in [3.8, 4) is 0 Å². The highest BCUT2D eigenvalue weighted by Gasteiger charge is 2.21. The Morgan fingerprint density at radius 3 is 2.10 bits per heavy atom. The molecule has 0 fully saturated rings. The van der Waals surface area contributed by atoms with Gasteiger partial charge in [0.05, 0.1) is 11.7 Å². The maximum absolute atomic E-state index is 4.31. The van der Waals surface area contributed by atoms with Gasteiger partial charge in [-0.15, -0.1) is 0 Å². The maximum Gasteiger partial charge on any atom is 0.0981 e. The predicted molar refractivity (Wildman–Crippen MR) is 85.2 cm³/mol. The van der Waals surface area contributed by atoms with E-state index in [0.717, 1.165) is 11.4 Å². The second-order valence-corrected chi connectivity index (χ2v) is 4.91. The molecule has 0 saturated heterocycles. The Kier molecular flexibility index (Phi) is 3.92. The van der Waals surface area contributed by atoms with Crippen LogP contribution in [0.25, 0.3) is 0 Å². The first-order chi connectivity index (χ1) is 10.4. The number of para-hydroxylation sites is 1. The first-order valence-electron chi connectivity index (χ1n) is 6.96. The fraction of sp³-hybridized carbons (Fsp3) is 0.111. The molecule has 0 aliphatic heterocycles. The number of nitrogens with zero attached hydrogens (tertiary/aromatic N) is 3. The molecule has 1 heterocycles. The van der Waals surface area contributed by atoms with Crippen LogP contribution in [0.15, 0.2) is 79.0 Å². The second-order valence-electron chi connectivity index (χ2n) is 4.91. The Bertz CT molecular complexity index is 629. The summed E-state index contributed by atoms with van der Waals surface area (Å²) >= 11 is 0. The quantitative estimate of drug-likeness (QED) is 0.727. The molecule has 0 amide bonds. The van der Waals surface area contributed by atoms with Crippen LogP contribution in [0, 0.1) is 0 Å². The van der Waals surface area contributed by atoms with Gasteiger partial charge in [0.1, 0.15) is 0 Å². The summed E-state index contributed by atoms with van der Waals surface area (Å²) < 4.78 is 0. The Hall–Kier alpha value is -2.68. The lowest BCUT2D eigenvalue weighted by molar-refractivity contribution is 0.733. The Morgan fingerprint density at radius 1 is 0.810 bits per heavy atom. The lowest BCUT2D eigenvalue weighted by Crippen LogP contribution is -2.26. The summed E-state index contributed by atoms with van der Waals surface area (Å²) in [5.74, 6) is 0. The van der Waals surface area contributed by atoms with Crippen molar-refractivity contribution in [1.82, 2.24) is 10.2 Å². The van der Waals surface area contributed by atoms with Gasteiger partial charge in [-0.1, -0.05) is 48.5 Å². The molecule has 0 spiro atoms. The van der Waals surface area contributed by atoms with E-state index >= 15 is 0 Å². The molecule has 0 aliphatic rings. The van der Waals surface area contributed by atoms with Gasteiger partial charge in [-0.25, -0.2) is 0 Å². The van der Waals surface area contributed by atoms with E-state index in [-0.39, 0.29) is 6.04 Å². The molecule has 1 aromatic heterocycles. The summed E-state index contributed by atoms with van der Waals surface area (Å²) in [6, 6.07) is 24.7. The molecular formula is C18H17N3. The minimum Gasteiger partial charge on any atom is -0.362 e. The van der Waals surface area contributed by atoms with Crippen molar-refractivity contribution >= 4 is 5.69 Å². The summed E-state index contributed by atoms with van der Waals surface area (Å²) in [6.45, 7) is 0. The molecule has 3 nitrogen and oxygen atoms in total. The summed E-state index contributed by atoms with van der Waals surface area (Å²) in [7, 11) is 2.08. The van der Waals surface area contributed by atoms with Crippen LogP contribution in [0.3, 0.4) is 0 Å². The summed E-state index contributed by atoms with van der Waals surface area (Å²) in [5, 5.41) is 8.34. The molecule has 1 atom stereocenters. The van der Waals surface area contributed by atoms with Crippen molar-refractivity contribution in [2.75, 3.05) is 11.9 Å². The number of hydrogen-bond donors (Lipinski definition) is 0. The van der Waals surface area contributed by atoms with E-state index < -0.39 is 0 Å². The molecule has 2 aromatic carbocycles. The number of hydrogen-bond acceptors (Lipinski definition) is 3. The molecule has 0 N–H and O–H groups in total. The van der Waals surface area contributed by atoms with E-state index in [1.54, 1.807) is 6.20 Å². The van der Waals surface area contributed by atoms with Gasteiger partial charge < -0.3 is 4.90 Å². The molecular weight excluding hydrogens is 258 g/mol. The fourth-order valence-electron chi connectivity index (χ4n) is 2.50. The molecule has 104 valence electrons. The maximum atomic E-state index is 4.31. The number of benzene rings is 2. The third kappa shape index (κ3) is 2.92. The van der Waals surface area contributed by atoms with Crippen molar-refractivity contribution in [3.63, 3.8) is 0 Å². The number of anilines is 1. The van der Waals surface area contributed by atoms with Crippen molar-refractivity contribution in [2.45, 2.75) is 6.04 Å². The molecule has 0 bridgehead atoms. The Balaban J connectivity index is 2.05. The fourth-order valence-corrected chi connectivity index (χ4v) is 2.50. The van der Waals surface area contributed by atoms with Crippen LogP contribution in [0.2, 0.25) is 0 Å². The lowest BCUT2D eigenvalue weighted by Gasteiger charge is -2.29. The predicted octanol–water partition coefficient (Wildman–Crippen LogP) is 3.70. The van der Waals surface area contributed by atoms with Crippen LogP contribution in [0.1, 0.15) is 17.3 Å². The van der Waals surface area contributed by atoms with Gasteiger partial charge in [0.25, 0.3) is 0 Å². The molecule has 3 aromatic rings. The first kappa shape index (κ1) is 13.3. The van der Waals surface area contributed by atoms with Gasteiger partial charge in [-0.05, 0) is 29.8 Å². The van der Waals surface area contributed by atoms with Crippen LogP contribution in [0.4, 0.5) is 5.69 Å². The lowest BCUT2D eigenvalue weighted by atomic mass is 10.0. The van der Waals surface area contributed by atoms with E-state index in [9.17, 15) is 0 Å². The molecule has 21 heavy (non-hydrogen) atoms. The summed E-state index contributed by atoms with van der Waals surface area (Å²) in [6.07, 6.45) is 1.70. The highest BCUT2D eigenvalue weighted by atomic mass is 15.2. The van der Waals surface area contributed by atoms with Crippen LogP contribution in [-0.2, 0) is 0 Å². The van der Waals surface area contributed by atoms with E-state index in [1.807, 2.05) is 36.4 Å². The molecule has 3 heteroatoms. The van der Waals surface area contributed by atoms with Crippen LogP contribution < -0.4 is 4.90 Å². The normalized spacial score (nSPS) is 11.9. The van der Waals surface area contributed by atoms with E-state index in [0.29, 0.717) is 0 Å². The standard InChI is InChI=1S/C18H17N3/c1-21(16-11-6-3-7-12-16)18(15-9-4-2-5-10-15)17-13-8-14-19-20-17/h2-14,18H,1H3. The zero-order valence-electron chi connectivity index (χ0n) is 11.9. The van der Waals surface area contributed by atoms with E-state index in [4.69, 9.17) is 0 Å². The molecule has 1 unspecified atom stereocenters. The number of aromatic nitrogens is 2. The van der Waals surface area contributed by atoms with Crippen molar-refractivity contribution in [3.05, 3.63) is 90.3 Å². The molecule has 0 aliphatic carbocycles. The smallest absolute Gasteiger partial charge is 0.0981 e. The second kappa shape index (κ2) is 6.18. The molecule has 3 rings (SSSR count). The SMILES string of the molecule is CN(c1ccccc1)C(c1ccccc1)c1cccnn1. The van der Waals surface area contributed by atoms with Crippen molar-refractivity contribution < 1.29 is 0 Å². The van der Waals surface area contributed by atoms with Crippen molar-refractivity contribution in [2.24, 2.45) is 0 Å². The molecule has 0 radical (unpaired) electrons. The zero-order chi connectivity index (χ0) is 14.5. The average molecular weight is 275 g/mol. The molecule has 0 saturated carbocycles. The number of rotatable bonds is 4. The van der Waals surface area contributed by atoms with Gasteiger partial charge in [0.15, 0.2) is 0 Å². The van der Waals surface area contributed by atoms with Gasteiger partial charge in [0.2, 0.25) is 0 Å². The monoisotopic (exact) mass is 275 g/mol. The van der Waals surface area contributed by atoms with E-state index in [2.05, 4.69) is 58.5 Å². The summed E-state index contributed by atoms with van der Waals surface area (Å²) in [5.41, 5.74) is 3.29. The third-order valence-electron chi connectivity index (χ3n) is 3.54. The minimum atomic E-state index is 0.0438. The van der Waals surface area contributed by atoms with Crippen molar-refractivity contribution in [1.29, 1.82) is 0 Å². The van der Waals surface area contributed by atoms with Gasteiger partial charge in [0, 0.05) is 18.9 Å². The topological polar surface area (TPSA) is 29.0 Å².